The van der Waals surface area contributed by atoms with Gasteiger partial charge < -0.3 is 14.9 Å². The lowest BCUT2D eigenvalue weighted by molar-refractivity contribution is 0.0229. The van der Waals surface area contributed by atoms with E-state index < -0.39 is 0 Å². The summed E-state index contributed by atoms with van der Waals surface area (Å²) in [5.41, 5.74) is 0.136. The standard InChI is InChI=1S/C18H34N2O/c1-18(2)9-6-15(17(18)21)14-19-12-7-16(8-13-19)20-10-4-3-5-11-20/h15-17,21H,3-14H2,1-2H3. The third-order valence-electron chi connectivity index (χ3n) is 6.36. The van der Waals surface area contributed by atoms with Crippen LogP contribution in [0.4, 0.5) is 0 Å². The predicted octanol–water partition coefficient (Wildman–Crippen LogP) is 2.73. The van der Waals surface area contributed by atoms with Crippen molar-refractivity contribution in [2.75, 3.05) is 32.7 Å². The highest BCUT2D eigenvalue weighted by Crippen LogP contribution is 2.41. The van der Waals surface area contributed by atoms with Crippen LogP contribution in [0.1, 0.15) is 58.8 Å². The molecule has 1 aliphatic carbocycles. The van der Waals surface area contributed by atoms with Crippen LogP contribution in [-0.2, 0) is 0 Å². The van der Waals surface area contributed by atoms with Crippen LogP contribution in [0.5, 0.6) is 0 Å². The molecular weight excluding hydrogens is 260 g/mol. The van der Waals surface area contributed by atoms with Crippen LogP contribution in [0.25, 0.3) is 0 Å². The second kappa shape index (κ2) is 6.55. The third-order valence-corrected chi connectivity index (χ3v) is 6.36. The Labute approximate surface area is 130 Å². The summed E-state index contributed by atoms with van der Waals surface area (Å²) in [6, 6.07) is 0.839. The van der Waals surface area contributed by atoms with Gasteiger partial charge in [0, 0.05) is 12.6 Å². The lowest BCUT2D eigenvalue weighted by atomic mass is 9.87. The molecule has 0 radical (unpaired) electrons. The normalized spacial score (nSPS) is 36.1. The van der Waals surface area contributed by atoms with E-state index in [1.54, 1.807) is 0 Å². The fourth-order valence-electron chi connectivity index (χ4n) is 4.77. The Morgan fingerprint density at radius 1 is 0.952 bits per heavy atom. The quantitative estimate of drug-likeness (QED) is 0.867. The van der Waals surface area contributed by atoms with Gasteiger partial charge in [0.15, 0.2) is 0 Å². The Bertz CT molecular complexity index is 330. The molecule has 0 aromatic carbocycles. The maximum atomic E-state index is 10.5. The second-order valence-electron chi connectivity index (χ2n) is 8.36. The summed E-state index contributed by atoms with van der Waals surface area (Å²) in [4.78, 5) is 5.37. The van der Waals surface area contributed by atoms with E-state index in [2.05, 4.69) is 23.6 Å². The lowest BCUT2D eigenvalue weighted by Crippen LogP contribution is -2.48. The molecule has 2 aliphatic heterocycles. The first-order valence-electron chi connectivity index (χ1n) is 9.21. The first-order valence-corrected chi connectivity index (χ1v) is 9.21. The highest BCUT2D eigenvalue weighted by atomic mass is 16.3. The van der Waals surface area contributed by atoms with Crippen LogP contribution < -0.4 is 0 Å². The molecule has 0 spiro atoms. The number of piperidine rings is 2. The molecule has 0 aromatic rings. The van der Waals surface area contributed by atoms with Gasteiger partial charge in [0.1, 0.15) is 0 Å². The third kappa shape index (κ3) is 3.62. The zero-order chi connectivity index (χ0) is 14.9. The zero-order valence-electron chi connectivity index (χ0n) is 14.1. The second-order valence-corrected chi connectivity index (χ2v) is 8.36. The molecule has 2 saturated heterocycles. The van der Waals surface area contributed by atoms with Crippen molar-refractivity contribution in [2.45, 2.75) is 70.9 Å². The van der Waals surface area contributed by atoms with Gasteiger partial charge in [-0.1, -0.05) is 20.3 Å². The SMILES string of the molecule is CC1(C)CCC(CN2CCC(N3CCCCC3)CC2)C1O. The van der Waals surface area contributed by atoms with E-state index in [1.807, 2.05) is 0 Å². The minimum atomic E-state index is -0.0997. The highest BCUT2D eigenvalue weighted by molar-refractivity contribution is 4.93. The predicted molar refractivity (Wildman–Crippen MR) is 87.4 cm³/mol. The van der Waals surface area contributed by atoms with Gasteiger partial charge in [-0.15, -0.1) is 0 Å². The average molecular weight is 294 g/mol. The van der Waals surface area contributed by atoms with E-state index >= 15 is 0 Å². The molecule has 1 saturated carbocycles. The number of hydrogen-bond acceptors (Lipinski definition) is 3. The van der Waals surface area contributed by atoms with Crippen molar-refractivity contribution in [3.63, 3.8) is 0 Å². The summed E-state index contributed by atoms with van der Waals surface area (Å²) >= 11 is 0. The molecule has 1 N–H and O–H groups in total. The highest BCUT2D eigenvalue weighted by Gasteiger charge is 2.41. The van der Waals surface area contributed by atoms with Gasteiger partial charge in [-0.25, -0.2) is 0 Å². The van der Waals surface area contributed by atoms with Gasteiger partial charge in [0.2, 0.25) is 0 Å². The molecule has 2 unspecified atom stereocenters. The molecule has 3 fully saturated rings. The van der Waals surface area contributed by atoms with Gasteiger partial charge in [0.05, 0.1) is 6.10 Å². The fourth-order valence-corrected chi connectivity index (χ4v) is 4.77. The van der Waals surface area contributed by atoms with Crippen LogP contribution in [0, 0.1) is 11.3 Å². The number of aliphatic hydroxyl groups excluding tert-OH is 1. The summed E-state index contributed by atoms with van der Waals surface area (Å²) in [6.07, 6.45) is 9.22. The molecule has 0 bridgehead atoms. The minimum Gasteiger partial charge on any atom is -0.392 e. The fraction of sp³-hybridized carbons (Fsp3) is 1.00. The Morgan fingerprint density at radius 2 is 1.62 bits per heavy atom. The average Bonchev–Trinajstić information content (AvgIpc) is 2.76. The Kier molecular flexibility index (Phi) is 4.92. The largest absolute Gasteiger partial charge is 0.392 e. The molecule has 2 atom stereocenters. The lowest BCUT2D eigenvalue weighted by Gasteiger charge is -2.41. The summed E-state index contributed by atoms with van der Waals surface area (Å²) in [7, 11) is 0. The number of likely N-dealkylation sites (tertiary alicyclic amines) is 2. The van der Waals surface area contributed by atoms with Gasteiger partial charge in [-0.05, 0) is 76.0 Å². The van der Waals surface area contributed by atoms with Crippen molar-refractivity contribution in [3.8, 4) is 0 Å². The minimum absolute atomic E-state index is 0.0997. The summed E-state index contributed by atoms with van der Waals surface area (Å²) in [6.45, 7) is 10.7. The van der Waals surface area contributed by atoms with Crippen molar-refractivity contribution in [2.24, 2.45) is 11.3 Å². The van der Waals surface area contributed by atoms with Crippen molar-refractivity contribution >= 4 is 0 Å². The Hall–Kier alpha value is -0.120. The van der Waals surface area contributed by atoms with E-state index in [0.717, 1.165) is 12.6 Å². The number of rotatable bonds is 3. The maximum absolute atomic E-state index is 10.5. The maximum Gasteiger partial charge on any atom is 0.0631 e. The van der Waals surface area contributed by atoms with E-state index in [9.17, 15) is 5.11 Å². The monoisotopic (exact) mass is 294 g/mol. The molecule has 3 rings (SSSR count). The van der Waals surface area contributed by atoms with Crippen molar-refractivity contribution < 1.29 is 5.11 Å². The summed E-state index contributed by atoms with van der Waals surface area (Å²) < 4.78 is 0. The van der Waals surface area contributed by atoms with Gasteiger partial charge in [-0.2, -0.15) is 0 Å². The van der Waals surface area contributed by atoms with Crippen molar-refractivity contribution in [3.05, 3.63) is 0 Å². The van der Waals surface area contributed by atoms with E-state index in [-0.39, 0.29) is 11.5 Å². The van der Waals surface area contributed by atoms with Gasteiger partial charge >= 0.3 is 0 Å². The van der Waals surface area contributed by atoms with Crippen LogP contribution in [0.15, 0.2) is 0 Å². The van der Waals surface area contributed by atoms with Gasteiger partial charge in [-0.3, -0.25) is 0 Å². The molecule has 3 aliphatic rings. The van der Waals surface area contributed by atoms with Crippen LogP contribution in [0.2, 0.25) is 0 Å². The van der Waals surface area contributed by atoms with Crippen LogP contribution in [0.3, 0.4) is 0 Å². The molecule has 2 heterocycles. The molecule has 21 heavy (non-hydrogen) atoms. The number of nitrogens with zero attached hydrogens (tertiary/aromatic N) is 2. The van der Waals surface area contributed by atoms with E-state index in [4.69, 9.17) is 0 Å². The molecule has 0 aromatic heterocycles. The van der Waals surface area contributed by atoms with Crippen molar-refractivity contribution in [1.82, 2.24) is 9.80 Å². The molecular formula is C18H34N2O. The topological polar surface area (TPSA) is 26.7 Å². The number of aliphatic hydroxyl groups is 1. The molecule has 0 amide bonds. The first kappa shape index (κ1) is 15.8. The van der Waals surface area contributed by atoms with Gasteiger partial charge in [0.25, 0.3) is 0 Å². The van der Waals surface area contributed by atoms with E-state index in [0.29, 0.717) is 5.92 Å². The zero-order valence-corrected chi connectivity index (χ0v) is 14.1. The molecule has 3 heteroatoms. The smallest absolute Gasteiger partial charge is 0.0631 e. The number of hydrogen-bond donors (Lipinski definition) is 1. The van der Waals surface area contributed by atoms with Crippen LogP contribution >= 0.6 is 0 Å². The van der Waals surface area contributed by atoms with E-state index in [1.165, 1.54) is 71.1 Å². The molecule has 3 nitrogen and oxygen atoms in total. The van der Waals surface area contributed by atoms with Crippen molar-refractivity contribution in [1.29, 1.82) is 0 Å². The Morgan fingerprint density at radius 3 is 2.19 bits per heavy atom. The first-order chi connectivity index (χ1) is 10.1. The summed E-state index contributed by atoms with van der Waals surface area (Å²) in [5.74, 6) is 0.506. The molecule has 122 valence electrons. The van der Waals surface area contributed by atoms with Crippen LogP contribution in [-0.4, -0.2) is 59.8 Å². The summed E-state index contributed by atoms with van der Waals surface area (Å²) in [5, 5.41) is 10.5. The Balaban J connectivity index is 1.44.